The van der Waals surface area contributed by atoms with Crippen LogP contribution in [-0.4, -0.2) is 47.1 Å². The Balaban J connectivity index is 1.68. The van der Waals surface area contributed by atoms with Crippen LogP contribution in [0.25, 0.3) is 0 Å². The second-order valence-corrected chi connectivity index (χ2v) is 10.7. The maximum Gasteiger partial charge on any atom is 0.254 e. The fraction of sp³-hybridized carbons (Fsp3) is 0.500. The summed E-state index contributed by atoms with van der Waals surface area (Å²) < 4.78 is 28.3. The van der Waals surface area contributed by atoms with Crippen molar-refractivity contribution in [2.45, 2.75) is 75.9 Å². The Bertz CT molecular complexity index is 1050. The van der Waals surface area contributed by atoms with Gasteiger partial charge >= 0.3 is 0 Å². The highest BCUT2D eigenvalue weighted by atomic mass is 32.2. The standard InChI is InChI=1S/C24H31N3O3S/c1-17-10-13-21(31(29,30)26-15-7-5-8-18(26)2)16-22(17)24(28)27(20-11-12-20)19(3)23-9-4-6-14-25-23/h4,6,9-10,13-14,16,18-20H,5,7-8,11-12,15H2,1-3H3. The van der Waals surface area contributed by atoms with Gasteiger partial charge < -0.3 is 4.90 Å². The molecule has 1 aromatic heterocycles. The number of pyridine rings is 1. The number of nitrogens with zero attached hydrogens (tertiary/aromatic N) is 3. The molecule has 2 heterocycles. The minimum Gasteiger partial charge on any atom is -0.327 e. The molecule has 2 aromatic rings. The quantitative estimate of drug-likeness (QED) is 0.669. The maximum atomic E-state index is 13.7. The summed E-state index contributed by atoms with van der Waals surface area (Å²) in [6.07, 6.45) is 6.45. The zero-order valence-electron chi connectivity index (χ0n) is 18.5. The predicted molar refractivity (Wildman–Crippen MR) is 120 cm³/mol. The van der Waals surface area contributed by atoms with Crippen molar-refractivity contribution in [1.82, 2.24) is 14.2 Å². The number of hydrogen-bond acceptors (Lipinski definition) is 4. The molecule has 7 heteroatoms. The van der Waals surface area contributed by atoms with Crippen LogP contribution in [0.2, 0.25) is 0 Å². The molecule has 0 spiro atoms. The molecular weight excluding hydrogens is 410 g/mol. The molecule has 1 saturated heterocycles. The normalized spacial score (nSPS) is 20.9. The minimum atomic E-state index is -3.64. The lowest BCUT2D eigenvalue weighted by atomic mass is 10.1. The van der Waals surface area contributed by atoms with E-state index in [1.54, 1.807) is 28.7 Å². The second-order valence-electron chi connectivity index (χ2n) is 8.81. The van der Waals surface area contributed by atoms with Crippen LogP contribution in [0.5, 0.6) is 0 Å². The van der Waals surface area contributed by atoms with Crippen LogP contribution in [0, 0.1) is 6.92 Å². The first-order valence-electron chi connectivity index (χ1n) is 11.2. The number of amides is 1. The number of rotatable bonds is 6. The van der Waals surface area contributed by atoms with Crippen LogP contribution in [0.1, 0.15) is 73.6 Å². The number of carbonyl (C=O) groups excluding carboxylic acids is 1. The number of piperidine rings is 1. The van der Waals surface area contributed by atoms with Crippen molar-refractivity contribution in [2.24, 2.45) is 0 Å². The molecule has 0 bridgehead atoms. The van der Waals surface area contributed by atoms with E-state index in [1.807, 2.05) is 43.9 Å². The molecule has 6 nitrogen and oxygen atoms in total. The molecule has 1 aliphatic carbocycles. The van der Waals surface area contributed by atoms with Crippen molar-refractivity contribution in [3.8, 4) is 0 Å². The Kier molecular flexibility index (Phi) is 6.17. The van der Waals surface area contributed by atoms with E-state index >= 15 is 0 Å². The van der Waals surface area contributed by atoms with Crippen molar-refractivity contribution in [3.63, 3.8) is 0 Å². The lowest BCUT2D eigenvalue weighted by Crippen LogP contribution is -2.42. The summed E-state index contributed by atoms with van der Waals surface area (Å²) in [4.78, 5) is 20.2. The third kappa shape index (κ3) is 4.39. The predicted octanol–water partition coefficient (Wildman–Crippen LogP) is 4.32. The van der Waals surface area contributed by atoms with E-state index < -0.39 is 10.0 Å². The molecule has 1 aromatic carbocycles. The molecule has 4 rings (SSSR count). The van der Waals surface area contributed by atoms with E-state index in [-0.39, 0.29) is 28.9 Å². The fourth-order valence-corrected chi connectivity index (χ4v) is 6.20. The first-order chi connectivity index (χ1) is 14.8. The van der Waals surface area contributed by atoms with Gasteiger partial charge in [0.2, 0.25) is 10.0 Å². The van der Waals surface area contributed by atoms with Gasteiger partial charge in [-0.15, -0.1) is 0 Å². The molecule has 1 aliphatic heterocycles. The molecule has 0 N–H and O–H groups in total. The SMILES string of the molecule is Cc1ccc(S(=O)(=O)N2CCCCC2C)cc1C(=O)N(C1CC1)C(C)c1ccccn1. The van der Waals surface area contributed by atoms with Crippen molar-refractivity contribution >= 4 is 15.9 Å². The van der Waals surface area contributed by atoms with Crippen LogP contribution in [-0.2, 0) is 10.0 Å². The lowest BCUT2D eigenvalue weighted by molar-refractivity contribution is 0.0669. The number of hydrogen-bond donors (Lipinski definition) is 0. The zero-order valence-corrected chi connectivity index (χ0v) is 19.3. The Labute approximate surface area is 185 Å². The van der Waals surface area contributed by atoms with E-state index in [0.717, 1.165) is 43.4 Å². The molecule has 1 saturated carbocycles. The van der Waals surface area contributed by atoms with Crippen molar-refractivity contribution in [2.75, 3.05) is 6.54 Å². The molecule has 2 aliphatic rings. The highest BCUT2D eigenvalue weighted by molar-refractivity contribution is 7.89. The van der Waals surface area contributed by atoms with Gasteiger partial charge in [0.15, 0.2) is 0 Å². The molecular formula is C24H31N3O3S. The van der Waals surface area contributed by atoms with E-state index in [0.29, 0.717) is 12.1 Å². The van der Waals surface area contributed by atoms with Crippen LogP contribution < -0.4 is 0 Å². The average Bonchev–Trinajstić information content (AvgIpc) is 3.59. The summed E-state index contributed by atoms with van der Waals surface area (Å²) in [7, 11) is -3.64. The van der Waals surface area contributed by atoms with E-state index in [4.69, 9.17) is 0 Å². The number of benzene rings is 1. The van der Waals surface area contributed by atoms with Gasteiger partial charge in [0, 0.05) is 30.4 Å². The molecule has 2 atom stereocenters. The Morgan fingerprint density at radius 2 is 1.94 bits per heavy atom. The zero-order chi connectivity index (χ0) is 22.2. The Hall–Kier alpha value is -2.25. The van der Waals surface area contributed by atoms with Gasteiger partial charge in [0.25, 0.3) is 5.91 Å². The van der Waals surface area contributed by atoms with Crippen LogP contribution >= 0.6 is 0 Å². The Morgan fingerprint density at radius 3 is 2.58 bits per heavy atom. The molecule has 31 heavy (non-hydrogen) atoms. The third-order valence-corrected chi connectivity index (χ3v) is 8.51. The summed E-state index contributed by atoms with van der Waals surface area (Å²) in [5.74, 6) is -0.123. The van der Waals surface area contributed by atoms with Gasteiger partial charge in [-0.05, 0) is 76.3 Å². The molecule has 1 amide bonds. The smallest absolute Gasteiger partial charge is 0.254 e. The van der Waals surface area contributed by atoms with E-state index in [2.05, 4.69) is 4.98 Å². The monoisotopic (exact) mass is 441 g/mol. The summed E-state index contributed by atoms with van der Waals surface area (Å²) >= 11 is 0. The first-order valence-corrected chi connectivity index (χ1v) is 12.6. The summed E-state index contributed by atoms with van der Waals surface area (Å²) in [5, 5.41) is 0. The summed E-state index contributed by atoms with van der Waals surface area (Å²) in [5.41, 5.74) is 2.08. The lowest BCUT2D eigenvalue weighted by Gasteiger charge is -2.33. The maximum absolute atomic E-state index is 13.7. The average molecular weight is 442 g/mol. The van der Waals surface area contributed by atoms with Crippen molar-refractivity contribution in [1.29, 1.82) is 0 Å². The molecule has 0 radical (unpaired) electrons. The number of carbonyl (C=O) groups is 1. The van der Waals surface area contributed by atoms with Gasteiger partial charge in [0.05, 0.1) is 16.6 Å². The topological polar surface area (TPSA) is 70.6 Å². The highest BCUT2D eigenvalue weighted by Crippen LogP contribution is 2.36. The van der Waals surface area contributed by atoms with E-state index in [9.17, 15) is 13.2 Å². The largest absolute Gasteiger partial charge is 0.327 e. The van der Waals surface area contributed by atoms with Crippen LogP contribution in [0.15, 0.2) is 47.5 Å². The van der Waals surface area contributed by atoms with Gasteiger partial charge in [0.1, 0.15) is 0 Å². The molecule has 2 fully saturated rings. The molecule has 166 valence electrons. The van der Waals surface area contributed by atoms with Gasteiger partial charge in [-0.25, -0.2) is 8.42 Å². The van der Waals surface area contributed by atoms with E-state index in [1.165, 1.54) is 0 Å². The fourth-order valence-electron chi connectivity index (χ4n) is 4.47. The summed E-state index contributed by atoms with van der Waals surface area (Å²) in [6, 6.07) is 10.7. The van der Waals surface area contributed by atoms with Crippen molar-refractivity contribution in [3.05, 3.63) is 59.4 Å². The van der Waals surface area contributed by atoms with Gasteiger partial charge in [-0.3, -0.25) is 9.78 Å². The first kappa shape index (κ1) is 22.0. The van der Waals surface area contributed by atoms with Gasteiger partial charge in [-0.1, -0.05) is 18.6 Å². The number of sulfonamides is 1. The summed E-state index contributed by atoms with van der Waals surface area (Å²) in [6.45, 7) is 6.35. The number of aromatic nitrogens is 1. The minimum absolute atomic E-state index is 0.0219. The van der Waals surface area contributed by atoms with Crippen LogP contribution in [0.3, 0.4) is 0 Å². The number of aryl methyl sites for hydroxylation is 1. The highest BCUT2D eigenvalue weighted by Gasteiger charge is 2.38. The van der Waals surface area contributed by atoms with Gasteiger partial charge in [-0.2, -0.15) is 4.31 Å². The van der Waals surface area contributed by atoms with Crippen molar-refractivity contribution < 1.29 is 13.2 Å². The Morgan fingerprint density at radius 1 is 1.16 bits per heavy atom. The van der Waals surface area contributed by atoms with Crippen LogP contribution in [0.4, 0.5) is 0 Å². The second kappa shape index (κ2) is 8.71. The molecule has 2 unspecified atom stereocenters. The third-order valence-electron chi connectivity index (χ3n) is 6.50.